The van der Waals surface area contributed by atoms with E-state index in [0.717, 1.165) is 11.4 Å². The molecule has 60 valence electrons. The SMILES string of the molecule is CCC(I)N(N)C(=O)OC. The first-order valence-corrected chi connectivity index (χ1v) is 4.14. The highest BCUT2D eigenvalue weighted by Crippen LogP contribution is 2.08. The standard InChI is InChI=1S/C5H11IN2O2/c1-3-4(6)8(7)5(9)10-2/h4H,3,7H2,1-2H3. The van der Waals surface area contributed by atoms with Crippen molar-refractivity contribution in [2.75, 3.05) is 7.11 Å². The topological polar surface area (TPSA) is 55.6 Å². The van der Waals surface area contributed by atoms with Gasteiger partial charge < -0.3 is 4.74 Å². The third kappa shape index (κ3) is 2.70. The maximum atomic E-state index is 10.7. The molecule has 4 nitrogen and oxygen atoms in total. The molecule has 0 aliphatic carbocycles. The lowest BCUT2D eigenvalue weighted by Gasteiger charge is -2.19. The van der Waals surface area contributed by atoms with Gasteiger partial charge in [-0.25, -0.2) is 15.6 Å². The highest BCUT2D eigenvalue weighted by Gasteiger charge is 2.15. The van der Waals surface area contributed by atoms with E-state index in [-0.39, 0.29) is 4.05 Å². The van der Waals surface area contributed by atoms with E-state index in [1.807, 2.05) is 6.92 Å². The quantitative estimate of drug-likeness (QED) is 0.201. The van der Waals surface area contributed by atoms with Crippen LogP contribution < -0.4 is 5.84 Å². The number of carbonyl (C=O) groups is 1. The molecule has 0 aromatic heterocycles. The third-order valence-electron chi connectivity index (χ3n) is 1.02. The summed E-state index contributed by atoms with van der Waals surface area (Å²) in [6.07, 6.45) is 0.313. The van der Waals surface area contributed by atoms with Crippen molar-refractivity contribution in [3.05, 3.63) is 0 Å². The number of rotatable bonds is 2. The normalized spacial score (nSPS) is 12.4. The lowest BCUT2D eigenvalue weighted by atomic mass is 10.5. The third-order valence-corrected chi connectivity index (χ3v) is 2.51. The highest BCUT2D eigenvalue weighted by molar-refractivity contribution is 14.1. The van der Waals surface area contributed by atoms with E-state index in [2.05, 4.69) is 27.3 Å². The summed E-state index contributed by atoms with van der Waals surface area (Å²) in [5.41, 5.74) is 0. The van der Waals surface area contributed by atoms with Crippen LogP contribution in [0, 0.1) is 0 Å². The Bertz CT molecular complexity index is 120. The number of nitrogens with two attached hydrogens (primary N) is 1. The van der Waals surface area contributed by atoms with Crippen LogP contribution in [0.1, 0.15) is 13.3 Å². The van der Waals surface area contributed by atoms with Gasteiger partial charge in [0.15, 0.2) is 0 Å². The molecular formula is C5H11IN2O2. The van der Waals surface area contributed by atoms with Crippen molar-refractivity contribution < 1.29 is 9.53 Å². The molecule has 0 saturated carbocycles. The molecule has 10 heavy (non-hydrogen) atoms. The van der Waals surface area contributed by atoms with Crippen molar-refractivity contribution >= 4 is 28.7 Å². The zero-order valence-corrected chi connectivity index (χ0v) is 8.16. The first-order valence-electron chi connectivity index (χ1n) is 2.89. The Morgan fingerprint density at radius 2 is 2.40 bits per heavy atom. The predicted molar refractivity (Wildman–Crippen MR) is 46.5 cm³/mol. The van der Waals surface area contributed by atoms with Crippen molar-refractivity contribution in [1.82, 2.24) is 5.01 Å². The van der Waals surface area contributed by atoms with Gasteiger partial charge in [-0.1, -0.05) is 29.5 Å². The largest absolute Gasteiger partial charge is 0.452 e. The zero-order valence-electron chi connectivity index (χ0n) is 6.00. The number of hydrogen-bond acceptors (Lipinski definition) is 3. The van der Waals surface area contributed by atoms with E-state index in [1.165, 1.54) is 7.11 Å². The molecule has 5 heteroatoms. The first kappa shape index (κ1) is 9.96. The van der Waals surface area contributed by atoms with Crippen LogP contribution in [0.25, 0.3) is 0 Å². The Morgan fingerprint density at radius 3 is 2.70 bits per heavy atom. The first-order chi connectivity index (χ1) is 4.63. The van der Waals surface area contributed by atoms with Crippen molar-refractivity contribution in [2.24, 2.45) is 5.84 Å². The smallest absolute Gasteiger partial charge is 0.424 e. The number of methoxy groups -OCH3 is 1. The summed E-state index contributed by atoms with van der Waals surface area (Å²) in [4.78, 5) is 10.7. The van der Waals surface area contributed by atoms with Crippen LogP contribution in [-0.4, -0.2) is 22.3 Å². The molecule has 0 aromatic carbocycles. The summed E-state index contributed by atoms with van der Waals surface area (Å²) in [6.45, 7) is 1.94. The van der Waals surface area contributed by atoms with E-state index in [4.69, 9.17) is 5.84 Å². The number of amides is 1. The van der Waals surface area contributed by atoms with Gasteiger partial charge in [-0.3, -0.25) is 0 Å². The van der Waals surface area contributed by atoms with Gasteiger partial charge in [-0.15, -0.1) is 0 Å². The zero-order chi connectivity index (χ0) is 8.15. The Balaban J connectivity index is 3.81. The van der Waals surface area contributed by atoms with Gasteiger partial charge in [-0.2, -0.15) is 0 Å². The fourth-order valence-electron chi connectivity index (χ4n) is 0.416. The maximum absolute atomic E-state index is 10.7. The molecule has 2 N–H and O–H groups in total. The minimum absolute atomic E-state index is 0.00468. The summed E-state index contributed by atoms with van der Waals surface area (Å²) in [5, 5.41) is 1.07. The van der Waals surface area contributed by atoms with Gasteiger partial charge in [0.2, 0.25) is 0 Å². The van der Waals surface area contributed by atoms with Gasteiger partial charge in [0, 0.05) is 0 Å². The Morgan fingerprint density at radius 1 is 1.90 bits per heavy atom. The molecule has 0 fully saturated rings. The summed E-state index contributed by atoms with van der Waals surface area (Å²) in [7, 11) is 1.31. The number of carbonyl (C=O) groups excluding carboxylic acids is 1. The summed E-state index contributed by atoms with van der Waals surface area (Å²) in [6, 6.07) is 0. The number of alkyl halides is 1. The fourth-order valence-corrected chi connectivity index (χ4v) is 0.644. The van der Waals surface area contributed by atoms with Gasteiger partial charge in [-0.05, 0) is 6.42 Å². The second-order valence-corrected chi connectivity index (χ2v) is 3.16. The molecule has 0 aliphatic rings. The van der Waals surface area contributed by atoms with E-state index in [9.17, 15) is 4.79 Å². The van der Waals surface area contributed by atoms with Gasteiger partial charge >= 0.3 is 6.09 Å². The molecule has 0 spiro atoms. The Kier molecular flexibility index (Phi) is 4.71. The van der Waals surface area contributed by atoms with Gasteiger partial charge in [0.25, 0.3) is 0 Å². The lowest BCUT2D eigenvalue weighted by molar-refractivity contribution is 0.121. The average Bonchev–Trinajstić information content (AvgIpc) is 2.00. The number of ether oxygens (including phenoxy) is 1. The van der Waals surface area contributed by atoms with Crippen molar-refractivity contribution in [3.63, 3.8) is 0 Å². The van der Waals surface area contributed by atoms with Crippen molar-refractivity contribution in [3.8, 4) is 0 Å². The molecule has 1 atom stereocenters. The minimum atomic E-state index is -0.499. The fraction of sp³-hybridized carbons (Fsp3) is 0.800. The van der Waals surface area contributed by atoms with Crippen LogP contribution in [0.2, 0.25) is 0 Å². The summed E-state index contributed by atoms with van der Waals surface area (Å²) >= 11 is 2.07. The molecule has 0 aromatic rings. The molecule has 1 unspecified atom stereocenters. The highest BCUT2D eigenvalue weighted by atomic mass is 127. The minimum Gasteiger partial charge on any atom is -0.452 e. The lowest BCUT2D eigenvalue weighted by Crippen LogP contribution is -2.42. The summed E-state index contributed by atoms with van der Waals surface area (Å²) in [5.74, 6) is 5.33. The summed E-state index contributed by atoms with van der Waals surface area (Å²) < 4.78 is 4.40. The monoisotopic (exact) mass is 258 g/mol. The van der Waals surface area contributed by atoms with Crippen LogP contribution in [0.3, 0.4) is 0 Å². The van der Waals surface area contributed by atoms with E-state index < -0.39 is 6.09 Å². The Hall–Kier alpha value is -0.0400. The number of hydrogen-bond donors (Lipinski definition) is 1. The van der Waals surface area contributed by atoms with Crippen LogP contribution in [0.4, 0.5) is 4.79 Å². The maximum Gasteiger partial charge on any atom is 0.424 e. The van der Waals surface area contributed by atoms with Crippen LogP contribution >= 0.6 is 22.6 Å². The van der Waals surface area contributed by atoms with Gasteiger partial charge in [0.1, 0.15) is 4.05 Å². The van der Waals surface area contributed by atoms with Crippen LogP contribution in [-0.2, 0) is 4.74 Å². The van der Waals surface area contributed by atoms with Gasteiger partial charge in [0.05, 0.1) is 7.11 Å². The molecular weight excluding hydrogens is 247 g/mol. The number of halogens is 1. The van der Waals surface area contributed by atoms with E-state index >= 15 is 0 Å². The molecule has 0 rings (SSSR count). The predicted octanol–water partition coefficient (Wildman–Crippen LogP) is 1.10. The molecule has 1 amide bonds. The molecule has 0 radical (unpaired) electrons. The Labute approximate surface area is 73.8 Å². The molecule has 0 saturated heterocycles. The number of nitrogens with zero attached hydrogens (tertiary/aromatic N) is 1. The van der Waals surface area contributed by atoms with Crippen molar-refractivity contribution in [2.45, 2.75) is 17.4 Å². The van der Waals surface area contributed by atoms with Crippen LogP contribution in [0.5, 0.6) is 0 Å². The molecule has 0 bridgehead atoms. The molecule has 0 aliphatic heterocycles. The second-order valence-electron chi connectivity index (χ2n) is 1.72. The van der Waals surface area contributed by atoms with E-state index in [1.54, 1.807) is 0 Å². The second kappa shape index (κ2) is 4.73. The van der Waals surface area contributed by atoms with E-state index in [0.29, 0.717) is 0 Å². The van der Waals surface area contributed by atoms with Crippen molar-refractivity contribution in [1.29, 1.82) is 0 Å². The number of hydrazine groups is 1. The van der Waals surface area contributed by atoms with Crippen LogP contribution in [0.15, 0.2) is 0 Å². The molecule has 0 heterocycles. The average molecular weight is 258 g/mol.